The summed E-state index contributed by atoms with van der Waals surface area (Å²) in [7, 11) is 3.46. The van der Waals surface area contributed by atoms with Gasteiger partial charge in [-0.15, -0.1) is 0 Å². The highest BCUT2D eigenvalue weighted by Gasteiger charge is 2.07. The van der Waals surface area contributed by atoms with E-state index < -0.39 is 0 Å². The first kappa shape index (κ1) is 11.9. The van der Waals surface area contributed by atoms with Crippen LogP contribution in [0.25, 0.3) is 0 Å². The third kappa shape index (κ3) is 5.52. The summed E-state index contributed by atoms with van der Waals surface area (Å²) in [6.45, 7) is 7.93. The maximum absolute atomic E-state index is 5.02. The lowest BCUT2D eigenvalue weighted by Crippen LogP contribution is -2.36. The Morgan fingerprint density at radius 3 is 1.67 bits per heavy atom. The number of hydrogen-bond donors (Lipinski definition) is 0. The van der Waals surface area contributed by atoms with Gasteiger partial charge in [-0.05, 0) is 13.8 Å². The fraction of sp³-hybridized carbons (Fsp3) is 1.00. The van der Waals surface area contributed by atoms with Crippen molar-refractivity contribution in [1.29, 1.82) is 0 Å². The van der Waals surface area contributed by atoms with Gasteiger partial charge in [0.1, 0.15) is 0 Å². The van der Waals surface area contributed by atoms with Crippen molar-refractivity contribution in [2.24, 2.45) is 0 Å². The highest BCUT2D eigenvalue weighted by Crippen LogP contribution is 1.96. The van der Waals surface area contributed by atoms with Crippen molar-refractivity contribution in [1.82, 2.24) is 4.90 Å². The van der Waals surface area contributed by atoms with Crippen LogP contribution in [0.15, 0.2) is 0 Å². The third-order valence-electron chi connectivity index (χ3n) is 1.90. The van der Waals surface area contributed by atoms with Gasteiger partial charge in [0.15, 0.2) is 0 Å². The number of hydrogen-bond acceptors (Lipinski definition) is 3. The average molecular weight is 175 g/mol. The van der Waals surface area contributed by atoms with Gasteiger partial charge in [0.2, 0.25) is 0 Å². The van der Waals surface area contributed by atoms with E-state index in [1.807, 2.05) is 0 Å². The summed E-state index contributed by atoms with van der Waals surface area (Å²) in [6, 6.07) is 0.565. The van der Waals surface area contributed by atoms with Crippen LogP contribution in [0.2, 0.25) is 0 Å². The van der Waals surface area contributed by atoms with Crippen molar-refractivity contribution in [2.75, 3.05) is 40.5 Å². The third-order valence-corrected chi connectivity index (χ3v) is 1.90. The Kier molecular flexibility index (Phi) is 7.45. The van der Waals surface area contributed by atoms with Crippen LogP contribution in [0.3, 0.4) is 0 Å². The van der Waals surface area contributed by atoms with Crippen LogP contribution in [0.5, 0.6) is 0 Å². The molecule has 0 saturated heterocycles. The maximum atomic E-state index is 5.02. The zero-order valence-corrected chi connectivity index (χ0v) is 8.67. The second-order valence-electron chi connectivity index (χ2n) is 3.12. The van der Waals surface area contributed by atoms with Gasteiger partial charge in [-0.3, -0.25) is 4.90 Å². The van der Waals surface area contributed by atoms with E-state index >= 15 is 0 Å². The Hall–Kier alpha value is -0.120. The van der Waals surface area contributed by atoms with Crippen molar-refractivity contribution in [3.63, 3.8) is 0 Å². The van der Waals surface area contributed by atoms with Crippen LogP contribution in [0.4, 0.5) is 0 Å². The molecule has 0 aromatic rings. The van der Waals surface area contributed by atoms with Gasteiger partial charge in [-0.1, -0.05) is 0 Å². The Morgan fingerprint density at radius 1 is 1.00 bits per heavy atom. The van der Waals surface area contributed by atoms with E-state index in [2.05, 4.69) is 18.7 Å². The molecule has 0 fully saturated rings. The van der Waals surface area contributed by atoms with Gasteiger partial charge in [0, 0.05) is 33.4 Å². The monoisotopic (exact) mass is 175 g/mol. The van der Waals surface area contributed by atoms with Gasteiger partial charge in [0.25, 0.3) is 0 Å². The van der Waals surface area contributed by atoms with Crippen molar-refractivity contribution in [3.8, 4) is 0 Å². The highest BCUT2D eigenvalue weighted by atomic mass is 16.5. The van der Waals surface area contributed by atoms with E-state index in [1.54, 1.807) is 14.2 Å². The Balaban J connectivity index is 3.55. The Bertz CT molecular complexity index is 88.5. The molecule has 0 atom stereocenters. The molecule has 0 aromatic heterocycles. The molecule has 0 N–H and O–H groups in total. The van der Waals surface area contributed by atoms with Crippen molar-refractivity contribution < 1.29 is 9.47 Å². The maximum Gasteiger partial charge on any atom is 0.0589 e. The number of rotatable bonds is 7. The molecule has 0 amide bonds. The summed E-state index contributed by atoms with van der Waals surface area (Å²) in [5, 5.41) is 0. The van der Waals surface area contributed by atoms with E-state index in [9.17, 15) is 0 Å². The molecule has 0 rings (SSSR count). The minimum atomic E-state index is 0.565. The molecule has 0 unspecified atom stereocenters. The topological polar surface area (TPSA) is 21.7 Å². The molecule has 0 heterocycles. The predicted octanol–water partition coefficient (Wildman–Crippen LogP) is 0.990. The molecule has 74 valence electrons. The molecular formula is C9H21NO2. The molecule has 3 nitrogen and oxygen atoms in total. The number of nitrogens with zero attached hydrogens (tertiary/aromatic N) is 1. The molecule has 0 bridgehead atoms. The molecule has 0 saturated carbocycles. The fourth-order valence-corrected chi connectivity index (χ4v) is 1.05. The van der Waals surface area contributed by atoms with Gasteiger partial charge in [-0.2, -0.15) is 0 Å². The van der Waals surface area contributed by atoms with Gasteiger partial charge >= 0.3 is 0 Å². The minimum absolute atomic E-state index is 0.565. The molecule has 0 aliphatic rings. The van der Waals surface area contributed by atoms with Gasteiger partial charge in [-0.25, -0.2) is 0 Å². The fourth-order valence-electron chi connectivity index (χ4n) is 1.05. The van der Waals surface area contributed by atoms with E-state index in [-0.39, 0.29) is 0 Å². The molecule has 0 radical (unpaired) electrons. The first-order valence-corrected chi connectivity index (χ1v) is 4.44. The summed E-state index contributed by atoms with van der Waals surface area (Å²) >= 11 is 0. The standard InChI is InChI=1S/C9H21NO2/c1-9(2)10(5-7-11-3)6-8-12-4/h9H,5-8H2,1-4H3. The second-order valence-corrected chi connectivity index (χ2v) is 3.12. The van der Waals surface area contributed by atoms with Crippen LogP contribution >= 0.6 is 0 Å². The zero-order chi connectivity index (χ0) is 9.40. The number of methoxy groups -OCH3 is 2. The summed E-state index contributed by atoms with van der Waals surface area (Å²) in [4.78, 5) is 2.34. The first-order chi connectivity index (χ1) is 5.72. The van der Waals surface area contributed by atoms with E-state index in [0.717, 1.165) is 26.3 Å². The summed E-state index contributed by atoms with van der Waals surface area (Å²) in [5.41, 5.74) is 0. The van der Waals surface area contributed by atoms with E-state index in [0.29, 0.717) is 6.04 Å². The van der Waals surface area contributed by atoms with Crippen LogP contribution in [0.1, 0.15) is 13.8 Å². The SMILES string of the molecule is COCCN(CCOC)C(C)C. The van der Waals surface area contributed by atoms with Gasteiger partial charge < -0.3 is 9.47 Å². The molecule has 0 aliphatic heterocycles. The van der Waals surface area contributed by atoms with Crippen LogP contribution in [-0.4, -0.2) is 51.5 Å². The van der Waals surface area contributed by atoms with Crippen molar-refractivity contribution >= 4 is 0 Å². The summed E-state index contributed by atoms with van der Waals surface area (Å²) in [6.07, 6.45) is 0. The first-order valence-electron chi connectivity index (χ1n) is 4.44. The molecule has 12 heavy (non-hydrogen) atoms. The van der Waals surface area contributed by atoms with Crippen LogP contribution in [0, 0.1) is 0 Å². The Morgan fingerprint density at radius 2 is 1.42 bits per heavy atom. The zero-order valence-electron chi connectivity index (χ0n) is 8.67. The lowest BCUT2D eigenvalue weighted by molar-refractivity contribution is 0.0967. The molecular weight excluding hydrogens is 154 g/mol. The molecule has 3 heteroatoms. The second kappa shape index (κ2) is 7.53. The van der Waals surface area contributed by atoms with Crippen molar-refractivity contribution in [2.45, 2.75) is 19.9 Å². The van der Waals surface area contributed by atoms with Gasteiger partial charge in [0.05, 0.1) is 13.2 Å². The summed E-state index contributed by atoms with van der Waals surface area (Å²) < 4.78 is 10.0. The smallest absolute Gasteiger partial charge is 0.0589 e. The van der Waals surface area contributed by atoms with Crippen molar-refractivity contribution in [3.05, 3.63) is 0 Å². The highest BCUT2D eigenvalue weighted by molar-refractivity contribution is 4.61. The molecule has 0 aromatic carbocycles. The Labute approximate surface area is 75.6 Å². The van der Waals surface area contributed by atoms with E-state index in [4.69, 9.17) is 9.47 Å². The normalized spacial score (nSPS) is 11.5. The average Bonchev–Trinajstić information content (AvgIpc) is 2.04. The predicted molar refractivity (Wildman–Crippen MR) is 50.5 cm³/mol. The quantitative estimate of drug-likeness (QED) is 0.576. The minimum Gasteiger partial charge on any atom is -0.383 e. The van der Waals surface area contributed by atoms with Crippen LogP contribution < -0.4 is 0 Å². The largest absolute Gasteiger partial charge is 0.383 e. The number of ether oxygens (including phenoxy) is 2. The lowest BCUT2D eigenvalue weighted by Gasteiger charge is -2.25. The van der Waals surface area contributed by atoms with Crippen LogP contribution in [-0.2, 0) is 9.47 Å². The summed E-state index contributed by atoms with van der Waals surface area (Å²) in [5.74, 6) is 0. The van der Waals surface area contributed by atoms with E-state index in [1.165, 1.54) is 0 Å². The molecule has 0 spiro atoms. The lowest BCUT2D eigenvalue weighted by atomic mass is 10.3. The molecule has 0 aliphatic carbocycles.